The molecular weight excluding hydrogens is 444 g/mol. The van der Waals surface area contributed by atoms with Crippen molar-refractivity contribution in [3.8, 4) is 11.1 Å². The first kappa shape index (κ1) is 23.1. The van der Waals surface area contributed by atoms with E-state index in [9.17, 15) is 19.5 Å². The van der Waals surface area contributed by atoms with Crippen LogP contribution in [-0.4, -0.2) is 41.8 Å². The smallest absolute Gasteiger partial charge is 0.407 e. The molecule has 3 N–H and O–H groups in total. The third-order valence-electron chi connectivity index (χ3n) is 7.47. The molecule has 2 amide bonds. The van der Waals surface area contributed by atoms with Gasteiger partial charge in [0.1, 0.15) is 6.61 Å². The standard InChI is InChI=1S/C28H30N2O5/c31-26(29-19-7-5-6-18(15-19)27(32)33)17-12-13-20(14-17)30-28(34)35-16-25-23-10-3-1-8-21(23)22-9-2-4-11-24(22)25/h1-5,7-11,17-20,25H,6,12-16H2,(H,29,31)(H,30,34)(H,32,33)/t17-,18?,19?,20+/m0/s1. The zero-order valence-corrected chi connectivity index (χ0v) is 19.5. The van der Waals surface area contributed by atoms with E-state index in [0.29, 0.717) is 32.1 Å². The molecule has 3 aliphatic rings. The Hall–Kier alpha value is -3.61. The average molecular weight is 475 g/mol. The molecule has 35 heavy (non-hydrogen) atoms. The number of carboxylic acid groups (broad SMARTS) is 1. The number of hydrogen-bond acceptors (Lipinski definition) is 4. The van der Waals surface area contributed by atoms with Crippen molar-refractivity contribution in [1.29, 1.82) is 0 Å². The first-order chi connectivity index (χ1) is 17.0. The Morgan fingerprint density at radius 1 is 0.886 bits per heavy atom. The highest BCUT2D eigenvalue weighted by Crippen LogP contribution is 2.44. The first-order valence-corrected chi connectivity index (χ1v) is 12.3. The number of nitrogens with one attached hydrogen (secondary N) is 2. The molecule has 7 heteroatoms. The third-order valence-corrected chi connectivity index (χ3v) is 7.47. The van der Waals surface area contributed by atoms with Crippen LogP contribution in [0.2, 0.25) is 0 Å². The van der Waals surface area contributed by atoms with Crippen LogP contribution in [0.1, 0.15) is 49.1 Å². The third kappa shape index (κ3) is 4.94. The van der Waals surface area contributed by atoms with E-state index in [1.54, 1.807) is 0 Å². The minimum absolute atomic E-state index is 0.00781. The summed E-state index contributed by atoms with van der Waals surface area (Å²) in [5, 5.41) is 15.1. The lowest BCUT2D eigenvalue weighted by Gasteiger charge is -2.24. The van der Waals surface area contributed by atoms with Crippen molar-refractivity contribution in [2.45, 2.75) is 50.1 Å². The molecule has 0 aliphatic heterocycles. The van der Waals surface area contributed by atoms with Crippen molar-refractivity contribution in [2.75, 3.05) is 6.61 Å². The Morgan fingerprint density at radius 2 is 1.57 bits per heavy atom. The second-order valence-corrected chi connectivity index (χ2v) is 9.73. The monoisotopic (exact) mass is 474 g/mol. The van der Waals surface area contributed by atoms with Crippen LogP contribution in [0.15, 0.2) is 60.7 Å². The maximum absolute atomic E-state index is 12.7. The van der Waals surface area contributed by atoms with Crippen molar-refractivity contribution in [3.05, 3.63) is 71.8 Å². The van der Waals surface area contributed by atoms with Gasteiger partial charge in [0, 0.05) is 23.9 Å². The van der Waals surface area contributed by atoms with Gasteiger partial charge in [0.25, 0.3) is 0 Å². The van der Waals surface area contributed by atoms with Gasteiger partial charge >= 0.3 is 12.1 Å². The minimum Gasteiger partial charge on any atom is -0.481 e. The number of rotatable bonds is 6. The number of carbonyl (C=O) groups is 3. The maximum Gasteiger partial charge on any atom is 0.407 e. The second kappa shape index (κ2) is 9.94. The Labute approximate surface area is 204 Å². The molecule has 0 heterocycles. The topological polar surface area (TPSA) is 105 Å². The molecule has 4 atom stereocenters. The molecule has 3 aliphatic carbocycles. The summed E-state index contributed by atoms with van der Waals surface area (Å²) in [5.74, 6) is -1.57. The molecule has 0 spiro atoms. The van der Waals surface area contributed by atoms with Crippen LogP contribution in [0.5, 0.6) is 0 Å². The van der Waals surface area contributed by atoms with Gasteiger partial charge in [0.05, 0.1) is 5.92 Å². The number of hydrogen-bond donors (Lipinski definition) is 3. The van der Waals surface area contributed by atoms with E-state index in [1.165, 1.54) is 22.3 Å². The Bertz CT molecular complexity index is 1110. The van der Waals surface area contributed by atoms with Gasteiger partial charge in [-0.3, -0.25) is 9.59 Å². The number of benzene rings is 2. The maximum atomic E-state index is 12.7. The fraction of sp³-hybridized carbons (Fsp3) is 0.393. The molecule has 0 radical (unpaired) electrons. The molecule has 1 fully saturated rings. The lowest BCUT2D eigenvalue weighted by atomic mass is 9.91. The van der Waals surface area contributed by atoms with Crippen LogP contribution in [0, 0.1) is 11.8 Å². The van der Waals surface area contributed by atoms with Gasteiger partial charge in [-0.05, 0) is 54.4 Å². The van der Waals surface area contributed by atoms with Gasteiger partial charge in [-0.25, -0.2) is 4.79 Å². The molecule has 182 valence electrons. The number of aliphatic carboxylic acids is 1. The SMILES string of the molecule is O=C(N[C@@H]1CC[C@H](C(=O)NC2C=CCC(C(=O)O)C2)C1)OCC1c2ccccc2-c2ccccc21. The lowest BCUT2D eigenvalue weighted by molar-refractivity contribution is -0.142. The molecule has 0 saturated heterocycles. The molecule has 2 unspecified atom stereocenters. The Kier molecular flexibility index (Phi) is 6.57. The van der Waals surface area contributed by atoms with Gasteiger partial charge < -0.3 is 20.5 Å². The summed E-state index contributed by atoms with van der Waals surface area (Å²) in [7, 11) is 0. The van der Waals surface area contributed by atoms with Crippen molar-refractivity contribution >= 4 is 18.0 Å². The van der Waals surface area contributed by atoms with Crippen molar-refractivity contribution < 1.29 is 24.2 Å². The van der Waals surface area contributed by atoms with Gasteiger partial charge in [-0.15, -0.1) is 0 Å². The Morgan fingerprint density at radius 3 is 2.26 bits per heavy atom. The summed E-state index contributed by atoms with van der Waals surface area (Å²) < 4.78 is 5.64. The molecule has 0 bridgehead atoms. The van der Waals surface area contributed by atoms with Crippen molar-refractivity contribution in [3.63, 3.8) is 0 Å². The number of amides is 2. The van der Waals surface area contributed by atoms with Gasteiger partial charge in [-0.2, -0.15) is 0 Å². The highest BCUT2D eigenvalue weighted by molar-refractivity contribution is 5.80. The fourth-order valence-corrected chi connectivity index (χ4v) is 5.66. The zero-order valence-electron chi connectivity index (χ0n) is 19.5. The van der Waals surface area contributed by atoms with Crippen molar-refractivity contribution in [2.24, 2.45) is 11.8 Å². The van der Waals surface area contributed by atoms with Crippen LogP contribution >= 0.6 is 0 Å². The van der Waals surface area contributed by atoms with Gasteiger partial charge in [0.15, 0.2) is 0 Å². The first-order valence-electron chi connectivity index (χ1n) is 12.3. The molecule has 2 aromatic rings. The second-order valence-electron chi connectivity index (χ2n) is 9.73. The lowest BCUT2D eigenvalue weighted by Crippen LogP contribution is -2.41. The predicted octanol–water partition coefficient (Wildman–Crippen LogP) is 4.23. The fourth-order valence-electron chi connectivity index (χ4n) is 5.66. The molecule has 7 nitrogen and oxygen atoms in total. The summed E-state index contributed by atoms with van der Waals surface area (Å²) in [6.07, 6.45) is 6.08. The molecule has 2 aromatic carbocycles. The van der Waals surface area contributed by atoms with E-state index < -0.39 is 18.0 Å². The van der Waals surface area contributed by atoms with Crippen LogP contribution in [0.25, 0.3) is 11.1 Å². The molecule has 0 aromatic heterocycles. The van der Waals surface area contributed by atoms with E-state index in [4.69, 9.17) is 4.74 Å². The van der Waals surface area contributed by atoms with E-state index in [1.807, 2.05) is 36.4 Å². The van der Waals surface area contributed by atoms with Crippen molar-refractivity contribution in [1.82, 2.24) is 10.6 Å². The van der Waals surface area contributed by atoms with Gasteiger partial charge in [-0.1, -0.05) is 60.7 Å². The number of ether oxygens (including phenoxy) is 1. The van der Waals surface area contributed by atoms with Gasteiger partial charge in [0.2, 0.25) is 5.91 Å². The van der Waals surface area contributed by atoms with Crippen LogP contribution in [0.3, 0.4) is 0 Å². The highest BCUT2D eigenvalue weighted by atomic mass is 16.5. The molecular formula is C28H30N2O5. The van der Waals surface area contributed by atoms with Crippen LogP contribution in [-0.2, 0) is 14.3 Å². The summed E-state index contributed by atoms with van der Waals surface area (Å²) in [4.78, 5) is 36.5. The summed E-state index contributed by atoms with van der Waals surface area (Å²) in [6, 6.07) is 16.1. The van der Waals surface area contributed by atoms with E-state index in [0.717, 1.165) is 0 Å². The highest BCUT2D eigenvalue weighted by Gasteiger charge is 2.34. The average Bonchev–Trinajstić information content (AvgIpc) is 3.46. The predicted molar refractivity (Wildman–Crippen MR) is 131 cm³/mol. The van der Waals surface area contributed by atoms with E-state index in [-0.39, 0.29) is 36.4 Å². The van der Waals surface area contributed by atoms with Crippen LogP contribution < -0.4 is 10.6 Å². The summed E-state index contributed by atoms with van der Waals surface area (Å²) >= 11 is 0. The normalized spacial score (nSPS) is 24.9. The number of fused-ring (bicyclic) bond motifs is 3. The quantitative estimate of drug-likeness (QED) is 0.544. The number of carbonyl (C=O) groups excluding carboxylic acids is 2. The molecule has 5 rings (SSSR count). The Balaban J connectivity index is 1.11. The summed E-state index contributed by atoms with van der Waals surface area (Å²) in [5.41, 5.74) is 4.70. The number of alkyl carbamates (subject to hydrolysis) is 1. The molecule has 1 saturated carbocycles. The number of allylic oxidation sites excluding steroid dienone is 1. The van der Waals surface area contributed by atoms with E-state index in [2.05, 4.69) is 34.9 Å². The zero-order chi connectivity index (χ0) is 24.4. The van der Waals surface area contributed by atoms with E-state index >= 15 is 0 Å². The number of carboxylic acids is 1. The largest absolute Gasteiger partial charge is 0.481 e. The summed E-state index contributed by atoms with van der Waals surface area (Å²) in [6.45, 7) is 0.259. The minimum atomic E-state index is -0.832. The van der Waals surface area contributed by atoms with Crippen LogP contribution in [0.4, 0.5) is 4.79 Å².